The van der Waals surface area contributed by atoms with Gasteiger partial charge in [0.2, 0.25) is 0 Å². The number of halogens is 6. The maximum Gasteiger partial charge on any atom is 0.491 e. The van der Waals surface area contributed by atoms with Crippen molar-refractivity contribution in [3.05, 3.63) is 78.8 Å². The smallest absolute Gasteiger partial charge is 0.449 e. The van der Waals surface area contributed by atoms with Crippen LogP contribution < -0.4 is 14.9 Å². The van der Waals surface area contributed by atoms with Gasteiger partial charge in [-0.25, -0.2) is 14.6 Å². The lowest BCUT2D eigenvalue weighted by molar-refractivity contribution is -0.205. The molecule has 0 aliphatic carbocycles. The zero-order valence-electron chi connectivity index (χ0n) is 30.8. The number of hydrogen-bond acceptors (Lipinski definition) is 12. The van der Waals surface area contributed by atoms with E-state index in [1.165, 1.54) is 11.3 Å². The number of piperidine rings is 1. The van der Waals surface area contributed by atoms with Crippen molar-refractivity contribution in [2.24, 2.45) is 0 Å². The number of H-pyrrole nitrogens is 1. The normalized spacial score (nSPS) is 17.0. The third-order valence-corrected chi connectivity index (χ3v) is 11.8. The zero-order chi connectivity index (χ0) is 41.1. The fourth-order valence-electron chi connectivity index (χ4n) is 6.80. The van der Waals surface area contributed by atoms with Gasteiger partial charge in [0.05, 0.1) is 28.5 Å². The van der Waals surface area contributed by atoms with Crippen molar-refractivity contribution in [1.29, 1.82) is 0 Å². The summed E-state index contributed by atoms with van der Waals surface area (Å²) in [5.74, 6) is -5.58. The van der Waals surface area contributed by atoms with Crippen molar-refractivity contribution < 1.29 is 54.9 Å². The van der Waals surface area contributed by atoms with Gasteiger partial charge in [-0.15, -0.1) is 11.3 Å². The Bertz CT molecular complexity index is 2140. The predicted molar refractivity (Wildman–Crippen MR) is 197 cm³/mol. The molecule has 4 aromatic rings. The van der Waals surface area contributed by atoms with Gasteiger partial charge in [0.15, 0.2) is 5.75 Å². The number of carbonyl (C=O) groups excluding carboxylic acids is 3. The maximum atomic E-state index is 13.3. The molecule has 2 N–H and O–H groups in total. The first kappa shape index (κ1) is 42.2. The van der Waals surface area contributed by atoms with Crippen LogP contribution in [0.2, 0.25) is 0 Å². The molecule has 0 unspecified atom stereocenters. The van der Waals surface area contributed by atoms with Gasteiger partial charge in [0.1, 0.15) is 17.3 Å². The maximum absolute atomic E-state index is 13.3. The van der Waals surface area contributed by atoms with Crippen LogP contribution in [0, 0.1) is 0 Å². The van der Waals surface area contributed by atoms with E-state index in [4.69, 9.17) is 9.47 Å². The number of carbonyl (C=O) groups is 3. The second kappa shape index (κ2) is 17.2. The molecule has 2 aliphatic heterocycles. The third-order valence-electron chi connectivity index (χ3n) is 9.69. The van der Waals surface area contributed by atoms with Gasteiger partial charge in [-0.3, -0.25) is 14.5 Å². The van der Waals surface area contributed by atoms with Crippen LogP contribution in [0.4, 0.5) is 26.3 Å². The van der Waals surface area contributed by atoms with Crippen LogP contribution in [-0.2, 0) is 32.0 Å². The van der Waals surface area contributed by atoms with Crippen molar-refractivity contribution in [3.63, 3.8) is 0 Å². The van der Waals surface area contributed by atoms with E-state index in [-0.39, 0.29) is 40.7 Å². The Morgan fingerprint density at radius 1 is 1.02 bits per heavy atom. The molecule has 12 nitrogen and oxygen atoms in total. The van der Waals surface area contributed by atoms with Gasteiger partial charge in [0.25, 0.3) is 5.91 Å². The summed E-state index contributed by atoms with van der Waals surface area (Å²) in [6.45, 7) is 7.63. The number of aromatic nitrogens is 2. The standard InChI is InChI=1S/C37H39F6N5O7S2/c1-21(2)30-45-25(19-56-30)31(49)48-14-15-53-35(20-48)9-12-47(13-10-35)18-23-5-3-4-22(16-23)8-11-44-17-27(55-33(51)37(41,42)43)24-6-7-26(54-32(50)36(38,39)40)28-29(24)57-34(52)46-28/h3-7,16,19,21,27,44H,8-15,17-18,20H2,1-2H3,(H,46,52)/t27-/m0/s1. The molecule has 0 bridgehead atoms. The van der Waals surface area contributed by atoms with E-state index >= 15 is 0 Å². The van der Waals surface area contributed by atoms with Crippen LogP contribution in [0.15, 0.2) is 46.6 Å². The first-order valence-corrected chi connectivity index (χ1v) is 19.7. The molecule has 57 heavy (non-hydrogen) atoms. The topological polar surface area (TPSA) is 143 Å². The lowest BCUT2D eigenvalue weighted by atomic mass is 9.89. The average Bonchev–Trinajstić information content (AvgIpc) is 3.81. The van der Waals surface area contributed by atoms with E-state index < -0.39 is 46.6 Å². The van der Waals surface area contributed by atoms with Crippen LogP contribution in [-0.4, -0.2) is 101 Å². The number of hydrogen-bond donors (Lipinski definition) is 2. The largest absolute Gasteiger partial charge is 0.491 e. The molecule has 2 aromatic carbocycles. The number of fused-ring (bicyclic) bond motifs is 1. The predicted octanol–water partition coefficient (Wildman–Crippen LogP) is 6.12. The first-order chi connectivity index (χ1) is 26.9. The second-order valence-electron chi connectivity index (χ2n) is 14.2. The molecule has 20 heteroatoms. The molecule has 0 saturated carbocycles. The summed E-state index contributed by atoms with van der Waals surface area (Å²) < 4.78 is 93.6. The summed E-state index contributed by atoms with van der Waals surface area (Å²) >= 11 is 1.93. The van der Waals surface area contributed by atoms with Crippen LogP contribution in [0.5, 0.6) is 5.75 Å². The Labute approximate surface area is 330 Å². The quantitative estimate of drug-likeness (QED) is 0.0742. The van der Waals surface area contributed by atoms with Crippen LogP contribution >= 0.6 is 22.7 Å². The summed E-state index contributed by atoms with van der Waals surface area (Å²) in [6, 6.07) is 9.72. The molecule has 1 atom stereocenters. The molecular formula is C37H39F6N5O7S2. The highest BCUT2D eigenvalue weighted by Gasteiger charge is 2.44. The molecule has 2 fully saturated rings. The molecular weight excluding hydrogens is 805 g/mol. The number of ether oxygens (including phenoxy) is 3. The van der Waals surface area contributed by atoms with Gasteiger partial charge < -0.3 is 29.4 Å². The number of nitrogens with one attached hydrogen (secondary N) is 2. The highest BCUT2D eigenvalue weighted by Crippen LogP contribution is 2.36. The van der Waals surface area contributed by atoms with E-state index in [1.807, 2.05) is 48.4 Å². The van der Waals surface area contributed by atoms with E-state index in [9.17, 15) is 45.5 Å². The van der Waals surface area contributed by atoms with Gasteiger partial charge in [-0.05, 0) is 49.1 Å². The number of aromatic amines is 1. The lowest BCUT2D eigenvalue weighted by Crippen LogP contribution is -2.58. The van der Waals surface area contributed by atoms with Crippen LogP contribution in [0.25, 0.3) is 10.2 Å². The van der Waals surface area contributed by atoms with Gasteiger partial charge in [-0.2, -0.15) is 26.3 Å². The fourth-order valence-corrected chi connectivity index (χ4v) is 8.52. The summed E-state index contributed by atoms with van der Waals surface area (Å²) in [5.41, 5.74) is 1.53. The Balaban J connectivity index is 1.04. The second-order valence-corrected chi connectivity index (χ2v) is 16.1. The monoisotopic (exact) mass is 843 g/mol. The summed E-state index contributed by atoms with van der Waals surface area (Å²) in [4.78, 5) is 58.9. The highest BCUT2D eigenvalue weighted by molar-refractivity contribution is 7.16. The number of morpholine rings is 1. The van der Waals surface area contributed by atoms with Crippen LogP contribution in [0.1, 0.15) is 70.9 Å². The molecule has 2 saturated heterocycles. The number of esters is 2. The number of benzene rings is 2. The minimum atomic E-state index is -5.36. The molecule has 2 aromatic heterocycles. The SMILES string of the molecule is CC(C)c1nc(C(=O)N2CCOC3(CCN(Cc4cccc(CCNC[C@H](OC(=O)C(F)(F)F)c5ccc(OC(=O)C(F)(F)F)c6[nH]c(=O)sc56)c4)CC3)C2)cs1. The van der Waals surface area contributed by atoms with Crippen molar-refractivity contribution in [2.45, 2.75) is 69.6 Å². The lowest BCUT2D eigenvalue weighted by Gasteiger charge is -2.47. The third kappa shape index (κ3) is 10.4. The number of rotatable bonds is 12. The van der Waals surface area contributed by atoms with Crippen molar-refractivity contribution in [3.8, 4) is 5.75 Å². The Kier molecular flexibility index (Phi) is 12.8. The number of thiazole rings is 2. The zero-order valence-corrected chi connectivity index (χ0v) is 32.4. The number of likely N-dealkylation sites (tertiary alicyclic amines) is 1. The van der Waals surface area contributed by atoms with Crippen molar-refractivity contribution in [2.75, 3.05) is 45.9 Å². The summed E-state index contributed by atoms with van der Waals surface area (Å²) in [5, 5.41) is 5.72. The fraction of sp³-hybridized carbons (Fsp3) is 0.486. The molecule has 4 heterocycles. The minimum Gasteiger partial charge on any atom is -0.449 e. The van der Waals surface area contributed by atoms with Crippen molar-refractivity contribution >= 4 is 50.7 Å². The van der Waals surface area contributed by atoms with Crippen LogP contribution in [0.3, 0.4) is 0 Å². The molecule has 0 radical (unpaired) electrons. The average molecular weight is 844 g/mol. The van der Waals surface area contributed by atoms with Gasteiger partial charge in [0, 0.05) is 49.6 Å². The first-order valence-electron chi connectivity index (χ1n) is 18.0. The highest BCUT2D eigenvalue weighted by atomic mass is 32.1. The van der Waals surface area contributed by atoms with E-state index in [1.54, 1.807) is 0 Å². The van der Waals surface area contributed by atoms with E-state index in [0.717, 1.165) is 54.2 Å². The van der Waals surface area contributed by atoms with E-state index in [2.05, 4.69) is 24.9 Å². The molecule has 2 aliphatic rings. The Hall–Kier alpha value is -4.37. The number of amides is 1. The van der Waals surface area contributed by atoms with Gasteiger partial charge in [-0.1, -0.05) is 49.4 Å². The Morgan fingerprint density at radius 3 is 2.42 bits per heavy atom. The number of nitrogens with zero attached hydrogens (tertiary/aromatic N) is 3. The summed E-state index contributed by atoms with van der Waals surface area (Å²) in [7, 11) is 0. The van der Waals surface area contributed by atoms with Crippen molar-refractivity contribution in [1.82, 2.24) is 25.1 Å². The van der Waals surface area contributed by atoms with E-state index in [0.29, 0.717) is 49.7 Å². The molecule has 1 amide bonds. The summed E-state index contributed by atoms with van der Waals surface area (Å²) in [6.07, 6.45) is -10.4. The molecule has 308 valence electrons. The molecule has 6 rings (SSSR count). The van der Waals surface area contributed by atoms with Gasteiger partial charge >= 0.3 is 29.2 Å². The minimum absolute atomic E-state index is 0.0745. The molecule has 1 spiro atoms. The Morgan fingerprint density at radius 2 is 1.74 bits per heavy atom. The number of alkyl halides is 6.